The van der Waals surface area contributed by atoms with Gasteiger partial charge >= 0.3 is 0 Å². The number of hydrogen-bond donors (Lipinski definition) is 1. The summed E-state index contributed by atoms with van der Waals surface area (Å²) in [6, 6.07) is 2.91. The van der Waals surface area contributed by atoms with E-state index in [1.165, 1.54) is 25.7 Å². The molecule has 1 saturated carbocycles. The van der Waals surface area contributed by atoms with Crippen molar-refractivity contribution in [2.75, 3.05) is 32.2 Å². The molecule has 2 aliphatic rings. The second-order valence-electron chi connectivity index (χ2n) is 5.42. The van der Waals surface area contributed by atoms with Crippen molar-refractivity contribution in [2.24, 2.45) is 0 Å². The van der Waals surface area contributed by atoms with E-state index in [4.69, 9.17) is 9.47 Å². The third-order valence-electron chi connectivity index (χ3n) is 3.94. The summed E-state index contributed by atoms with van der Waals surface area (Å²) >= 11 is 0. The van der Waals surface area contributed by atoms with E-state index in [1.54, 1.807) is 20.3 Å². The Kier molecular flexibility index (Phi) is 3.91. The van der Waals surface area contributed by atoms with Gasteiger partial charge in [0.05, 0.1) is 20.3 Å². The van der Waals surface area contributed by atoms with Gasteiger partial charge < -0.3 is 19.7 Å². The molecular weight excluding hydrogens is 256 g/mol. The van der Waals surface area contributed by atoms with Gasteiger partial charge in [-0.05, 0) is 25.7 Å². The minimum absolute atomic E-state index is 0.465. The van der Waals surface area contributed by atoms with Crippen molar-refractivity contribution in [1.82, 2.24) is 15.3 Å². The van der Waals surface area contributed by atoms with Crippen LogP contribution in [0.25, 0.3) is 0 Å². The maximum Gasteiger partial charge on any atom is 0.232 e. The van der Waals surface area contributed by atoms with E-state index in [2.05, 4.69) is 20.2 Å². The van der Waals surface area contributed by atoms with E-state index in [-0.39, 0.29) is 0 Å². The van der Waals surface area contributed by atoms with Gasteiger partial charge in [0.2, 0.25) is 17.7 Å². The molecule has 1 aromatic heterocycles. The van der Waals surface area contributed by atoms with Crippen LogP contribution < -0.4 is 19.7 Å². The van der Waals surface area contributed by atoms with E-state index in [9.17, 15) is 0 Å². The zero-order valence-corrected chi connectivity index (χ0v) is 12.1. The third-order valence-corrected chi connectivity index (χ3v) is 3.94. The molecule has 110 valence electrons. The highest BCUT2D eigenvalue weighted by atomic mass is 16.5. The minimum atomic E-state index is 0.465. The minimum Gasteiger partial charge on any atom is -0.481 e. The van der Waals surface area contributed by atoms with Crippen LogP contribution in [-0.2, 0) is 0 Å². The van der Waals surface area contributed by atoms with E-state index in [0.29, 0.717) is 23.8 Å². The highest BCUT2D eigenvalue weighted by Crippen LogP contribution is 2.27. The lowest BCUT2D eigenvalue weighted by Crippen LogP contribution is -2.39. The second kappa shape index (κ2) is 5.83. The molecule has 0 bridgehead atoms. The summed E-state index contributed by atoms with van der Waals surface area (Å²) < 4.78 is 10.5. The summed E-state index contributed by atoms with van der Waals surface area (Å²) in [5, 5.41) is 3.60. The molecule has 1 N–H and O–H groups in total. The van der Waals surface area contributed by atoms with Crippen LogP contribution in [0.5, 0.6) is 11.8 Å². The fraction of sp³-hybridized carbons (Fsp3) is 0.714. The monoisotopic (exact) mass is 278 g/mol. The van der Waals surface area contributed by atoms with Crippen molar-refractivity contribution in [2.45, 2.75) is 37.8 Å². The van der Waals surface area contributed by atoms with Crippen molar-refractivity contribution in [3.8, 4) is 11.8 Å². The molecule has 6 nitrogen and oxygen atoms in total. The first-order valence-electron chi connectivity index (χ1n) is 7.27. The zero-order chi connectivity index (χ0) is 13.9. The average molecular weight is 278 g/mol. The highest BCUT2D eigenvalue weighted by molar-refractivity contribution is 5.39. The van der Waals surface area contributed by atoms with Gasteiger partial charge in [-0.3, -0.25) is 0 Å². The van der Waals surface area contributed by atoms with Crippen LogP contribution in [0.3, 0.4) is 0 Å². The maximum atomic E-state index is 5.23. The summed E-state index contributed by atoms with van der Waals surface area (Å²) in [4.78, 5) is 11.2. The molecule has 6 heteroatoms. The van der Waals surface area contributed by atoms with Gasteiger partial charge in [-0.1, -0.05) is 0 Å². The van der Waals surface area contributed by atoms with Crippen LogP contribution in [0.2, 0.25) is 0 Å². The Labute approximate surface area is 119 Å². The summed E-state index contributed by atoms with van der Waals surface area (Å²) in [7, 11) is 3.23. The largest absolute Gasteiger partial charge is 0.481 e. The van der Waals surface area contributed by atoms with Gasteiger partial charge in [0.15, 0.2) is 0 Å². The third kappa shape index (κ3) is 2.95. The van der Waals surface area contributed by atoms with Gasteiger partial charge in [-0.25, -0.2) is 0 Å². The Bertz CT molecular complexity index is 442. The molecule has 20 heavy (non-hydrogen) atoms. The molecule has 1 aromatic rings. The predicted molar refractivity (Wildman–Crippen MR) is 76.5 cm³/mol. The van der Waals surface area contributed by atoms with Crippen LogP contribution >= 0.6 is 0 Å². The number of ether oxygens (including phenoxy) is 2. The molecular formula is C14H22N4O2. The molecule has 1 aliphatic heterocycles. The lowest BCUT2D eigenvalue weighted by Gasteiger charge is -2.25. The Morgan fingerprint density at radius 2 is 1.90 bits per heavy atom. The summed E-state index contributed by atoms with van der Waals surface area (Å²) in [5.74, 6) is 1.81. The fourth-order valence-corrected chi connectivity index (χ4v) is 2.63. The van der Waals surface area contributed by atoms with Crippen molar-refractivity contribution in [3.05, 3.63) is 6.07 Å². The zero-order valence-electron chi connectivity index (χ0n) is 12.1. The average Bonchev–Trinajstić information content (AvgIpc) is 3.20. The van der Waals surface area contributed by atoms with E-state index in [1.807, 2.05) is 0 Å². The lowest BCUT2D eigenvalue weighted by molar-refractivity contribution is 0.371. The predicted octanol–water partition coefficient (Wildman–Crippen LogP) is 1.21. The molecule has 0 radical (unpaired) electrons. The van der Waals surface area contributed by atoms with Gasteiger partial charge in [0.1, 0.15) is 0 Å². The van der Waals surface area contributed by atoms with Crippen molar-refractivity contribution in [3.63, 3.8) is 0 Å². The fourth-order valence-electron chi connectivity index (χ4n) is 2.63. The van der Waals surface area contributed by atoms with Crippen LogP contribution in [-0.4, -0.2) is 49.4 Å². The van der Waals surface area contributed by atoms with Crippen LogP contribution in [0.1, 0.15) is 25.7 Å². The topological polar surface area (TPSA) is 59.5 Å². The number of rotatable bonds is 6. The molecule has 1 unspecified atom stereocenters. The Hall–Kier alpha value is -1.56. The molecule has 2 fully saturated rings. The molecule has 1 atom stereocenters. The number of nitrogens with zero attached hydrogens (tertiary/aromatic N) is 3. The van der Waals surface area contributed by atoms with Crippen LogP contribution in [0, 0.1) is 0 Å². The highest BCUT2D eigenvalue weighted by Gasteiger charge is 2.29. The smallest absolute Gasteiger partial charge is 0.232 e. The summed E-state index contributed by atoms with van der Waals surface area (Å²) in [6.45, 7) is 2.00. The number of methoxy groups -OCH3 is 2. The maximum absolute atomic E-state index is 5.23. The van der Waals surface area contributed by atoms with Gasteiger partial charge in [-0.2, -0.15) is 9.97 Å². The van der Waals surface area contributed by atoms with Crippen LogP contribution in [0.15, 0.2) is 6.07 Å². The van der Waals surface area contributed by atoms with Crippen molar-refractivity contribution < 1.29 is 9.47 Å². The number of nitrogens with one attached hydrogen (secondary N) is 1. The molecule has 2 heterocycles. The first kappa shape index (κ1) is 13.4. The summed E-state index contributed by atoms with van der Waals surface area (Å²) in [6.07, 6.45) is 4.99. The van der Waals surface area contributed by atoms with E-state index in [0.717, 1.165) is 19.1 Å². The number of aromatic nitrogens is 2. The lowest BCUT2D eigenvalue weighted by atomic mass is 10.2. The van der Waals surface area contributed by atoms with E-state index >= 15 is 0 Å². The number of anilines is 1. The van der Waals surface area contributed by atoms with Crippen molar-refractivity contribution in [1.29, 1.82) is 0 Å². The SMILES string of the molecule is COc1cc(OC)nc(N2CCCC2CNC2CC2)n1. The molecule has 0 amide bonds. The normalized spacial score (nSPS) is 22.1. The number of hydrogen-bond acceptors (Lipinski definition) is 6. The standard InChI is InChI=1S/C14H22N4O2/c1-19-12-8-13(20-2)17-14(16-12)18-7-3-4-11(18)9-15-10-5-6-10/h8,10-11,15H,3-7,9H2,1-2H3. The Morgan fingerprint density at radius 3 is 2.50 bits per heavy atom. The molecule has 1 aliphatic carbocycles. The Morgan fingerprint density at radius 1 is 1.20 bits per heavy atom. The first-order chi connectivity index (χ1) is 9.80. The molecule has 3 rings (SSSR count). The van der Waals surface area contributed by atoms with Gasteiger partial charge in [-0.15, -0.1) is 0 Å². The molecule has 1 saturated heterocycles. The molecule has 0 aromatic carbocycles. The Balaban J connectivity index is 1.75. The summed E-state index contributed by atoms with van der Waals surface area (Å²) in [5.41, 5.74) is 0. The van der Waals surface area contributed by atoms with Gasteiger partial charge in [0, 0.05) is 25.2 Å². The molecule has 0 spiro atoms. The second-order valence-corrected chi connectivity index (χ2v) is 5.42. The van der Waals surface area contributed by atoms with Crippen LogP contribution in [0.4, 0.5) is 5.95 Å². The van der Waals surface area contributed by atoms with E-state index < -0.39 is 0 Å². The van der Waals surface area contributed by atoms with Gasteiger partial charge in [0.25, 0.3) is 0 Å². The quantitative estimate of drug-likeness (QED) is 0.844. The van der Waals surface area contributed by atoms with Crippen molar-refractivity contribution >= 4 is 5.95 Å². The first-order valence-corrected chi connectivity index (χ1v) is 7.27.